The third kappa shape index (κ3) is 3.42. The molecule has 0 atom stereocenters. The fourth-order valence-corrected chi connectivity index (χ4v) is 1.23. The van der Waals surface area contributed by atoms with Gasteiger partial charge in [-0.1, -0.05) is 0 Å². The summed E-state index contributed by atoms with van der Waals surface area (Å²) in [5, 5.41) is 9.48. The number of carbonyl (C=O) groups excluding carboxylic acids is 1. The van der Waals surface area contributed by atoms with Crippen molar-refractivity contribution in [3.63, 3.8) is 0 Å². The number of aryl methyl sites for hydroxylation is 1. The first-order chi connectivity index (χ1) is 7.67. The smallest absolute Gasteiger partial charge is 0.306 e. The van der Waals surface area contributed by atoms with Gasteiger partial charge in [-0.15, -0.1) is 0 Å². The normalized spacial score (nSPS) is 9.88. The number of aromatic hydroxyl groups is 1. The topological polar surface area (TPSA) is 68.7 Å². The van der Waals surface area contributed by atoms with E-state index in [1.54, 1.807) is 6.92 Å². The Morgan fingerprint density at radius 2 is 2.31 bits per heavy atom. The second-order valence-corrected chi connectivity index (χ2v) is 3.15. The molecule has 1 aromatic heterocycles. The second-order valence-electron chi connectivity index (χ2n) is 3.15. The van der Waals surface area contributed by atoms with Crippen LogP contribution in [-0.2, 0) is 16.0 Å². The van der Waals surface area contributed by atoms with E-state index in [1.807, 2.05) is 0 Å². The van der Waals surface area contributed by atoms with E-state index in [-0.39, 0.29) is 18.1 Å². The van der Waals surface area contributed by atoms with E-state index in [9.17, 15) is 9.90 Å². The highest BCUT2D eigenvalue weighted by Gasteiger charge is 2.07. The summed E-state index contributed by atoms with van der Waals surface area (Å²) < 4.78 is 9.64. The summed E-state index contributed by atoms with van der Waals surface area (Å²) in [6, 6.07) is 1.48. The molecule has 0 aliphatic rings. The van der Waals surface area contributed by atoms with E-state index in [0.717, 1.165) is 0 Å². The van der Waals surface area contributed by atoms with Crippen molar-refractivity contribution in [2.75, 3.05) is 13.7 Å². The van der Waals surface area contributed by atoms with Crippen molar-refractivity contribution in [2.24, 2.45) is 0 Å². The van der Waals surface area contributed by atoms with Crippen LogP contribution in [-0.4, -0.2) is 29.8 Å². The molecule has 0 aliphatic heterocycles. The minimum Gasteiger partial charge on any atom is -0.504 e. The van der Waals surface area contributed by atoms with Gasteiger partial charge in [0.2, 0.25) is 0 Å². The lowest BCUT2D eigenvalue weighted by Gasteiger charge is -2.05. The fourth-order valence-electron chi connectivity index (χ4n) is 1.23. The van der Waals surface area contributed by atoms with Crippen LogP contribution >= 0.6 is 0 Å². The Bertz CT molecular complexity index is 365. The third-order valence-electron chi connectivity index (χ3n) is 2.01. The number of carbonyl (C=O) groups is 1. The Labute approximate surface area is 94.0 Å². The minimum absolute atomic E-state index is 0.0244. The molecule has 88 valence electrons. The summed E-state index contributed by atoms with van der Waals surface area (Å²) in [6.07, 6.45) is 2.12. The maximum atomic E-state index is 11.1. The number of aromatic nitrogens is 1. The molecule has 1 aromatic rings. The van der Waals surface area contributed by atoms with Gasteiger partial charge in [0.05, 0.1) is 26.3 Å². The van der Waals surface area contributed by atoms with Crippen LogP contribution in [0.1, 0.15) is 19.0 Å². The van der Waals surface area contributed by atoms with Crippen LogP contribution in [0.2, 0.25) is 0 Å². The average molecular weight is 225 g/mol. The van der Waals surface area contributed by atoms with Crippen LogP contribution in [0.15, 0.2) is 12.3 Å². The molecule has 1 heterocycles. The van der Waals surface area contributed by atoms with Gasteiger partial charge in [0, 0.05) is 18.2 Å². The minimum atomic E-state index is -0.264. The molecule has 0 amide bonds. The molecule has 0 bridgehead atoms. The van der Waals surface area contributed by atoms with Gasteiger partial charge in [-0.3, -0.25) is 9.78 Å². The van der Waals surface area contributed by atoms with Crippen molar-refractivity contribution in [1.82, 2.24) is 4.98 Å². The van der Waals surface area contributed by atoms with Gasteiger partial charge in [-0.25, -0.2) is 0 Å². The highest BCUT2D eigenvalue weighted by molar-refractivity contribution is 5.69. The first-order valence-corrected chi connectivity index (χ1v) is 5.04. The SMILES string of the molecule is CCOC(=O)CCc1cc(O)c(OC)cn1. The number of rotatable bonds is 5. The largest absolute Gasteiger partial charge is 0.504 e. The summed E-state index contributed by atoms with van der Waals surface area (Å²) in [6.45, 7) is 2.13. The number of pyridine rings is 1. The maximum absolute atomic E-state index is 11.1. The highest BCUT2D eigenvalue weighted by atomic mass is 16.5. The monoisotopic (exact) mass is 225 g/mol. The molecule has 0 unspecified atom stereocenters. The number of hydrogen-bond acceptors (Lipinski definition) is 5. The van der Waals surface area contributed by atoms with E-state index in [4.69, 9.17) is 9.47 Å². The zero-order valence-corrected chi connectivity index (χ0v) is 9.40. The Kier molecular flexibility index (Phi) is 4.57. The Balaban J connectivity index is 2.55. The van der Waals surface area contributed by atoms with Crippen LogP contribution in [0.5, 0.6) is 11.5 Å². The van der Waals surface area contributed by atoms with E-state index < -0.39 is 0 Å². The molecule has 16 heavy (non-hydrogen) atoms. The first kappa shape index (κ1) is 12.3. The summed E-state index contributed by atoms with van der Waals surface area (Å²) >= 11 is 0. The zero-order chi connectivity index (χ0) is 12.0. The molecule has 5 heteroatoms. The summed E-state index contributed by atoms with van der Waals surface area (Å²) in [7, 11) is 1.45. The molecule has 0 aromatic carbocycles. The van der Waals surface area contributed by atoms with Gasteiger partial charge in [-0.2, -0.15) is 0 Å². The van der Waals surface area contributed by atoms with Gasteiger partial charge in [0.1, 0.15) is 0 Å². The average Bonchev–Trinajstić information content (AvgIpc) is 2.27. The number of hydrogen-bond donors (Lipinski definition) is 1. The first-order valence-electron chi connectivity index (χ1n) is 5.04. The summed E-state index contributed by atoms with van der Waals surface area (Å²) in [4.78, 5) is 15.1. The predicted octanol–water partition coefficient (Wildman–Crippen LogP) is 1.29. The van der Waals surface area contributed by atoms with E-state index in [2.05, 4.69) is 4.98 Å². The van der Waals surface area contributed by atoms with Crippen LogP contribution in [0.25, 0.3) is 0 Å². The molecule has 1 N–H and O–H groups in total. The maximum Gasteiger partial charge on any atom is 0.306 e. The van der Waals surface area contributed by atoms with Crippen LogP contribution < -0.4 is 4.74 Å². The van der Waals surface area contributed by atoms with Gasteiger partial charge in [0.25, 0.3) is 0 Å². The van der Waals surface area contributed by atoms with Gasteiger partial charge >= 0.3 is 5.97 Å². The number of esters is 1. The molecule has 1 rings (SSSR count). The van der Waals surface area contributed by atoms with E-state index in [0.29, 0.717) is 24.5 Å². The molecule has 0 saturated heterocycles. The quantitative estimate of drug-likeness (QED) is 0.765. The molecule has 0 radical (unpaired) electrons. The zero-order valence-electron chi connectivity index (χ0n) is 9.40. The molecular weight excluding hydrogens is 210 g/mol. The van der Waals surface area contributed by atoms with Crippen LogP contribution in [0.3, 0.4) is 0 Å². The summed E-state index contributed by atoms with van der Waals surface area (Å²) in [5.41, 5.74) is 0.631. The Morgan fingerprint density at radius 3 is 2.88 bits per heavy atom. The van der Waals surface area contributed by atoms with Crippen molar-refractivity contribution in [1.29, 1.82) is 0 Å². The lowest BCUT2D eigenvalue weighted by molar-refractivity contribution is -0.143. The number of nitrogens with zero attached hydrogens (tertiary/aromatic N) is 1. The highest BCUT2D eigenvalue weighted by Crippen LogP contribution is 2.24. The third-order valence-corrected chi connectivity index (χ3v) is 2.01. The number of methoxy groups -OCH3 is 1. The van der Waals surface area contributed by atoms with Gasteiger partial charge in [0.15, 0.2) is 11.5 Å². The fraction of sp³-hybridized carbons (Fsp3) is 0.455. The lowest BCUT2D eigenvalue weighted by atomic mass is 10.2. The lowest BCUT2D eigenvalue weighted by Crippen LogP contribution is -2.05. The van der Waals surface area contributed by atoms with Gasteiger partial charge < -0.3 is 14.6 Å². The molecule has 5 nitrogen and oxygen atoms in total. The van der Waals surface area contributed by atoms with Gasteiger partial charge in [-0.05, 0) is 6.92 Å². The molecule has 0 aliphatic carbocycles. The van der Waals surface area contributed by atoms with Crippen molar-refractivity contribution in [3.8, 4) is 11.5 Å². The molecule has 0 fully saturated rings. The molecule has 0 saturated carbocycles. The summed E-state index contributed by atoms with van der Waals surface area (Å²) in [5.74, 6) is 0.0795. The standard InChI is InChI=1S/C11H15NO4/c1-3-16-11(14)5-4-8-6-9(13)10(15-2)7-12-8/h6-7H,3-5H2,1-2H3,(H,12,13). The van der Waals surface area contributed by atoms with Crippen molar-refractivity contribution < 1.29 is 19.4 Å². The number of ether oxygens (including phenoxy) is 2. The van der Waals surface area contributed by atoms with Crippen molar-refractivity contribution >= 4 is 5.97 Å². The second kappa shape index (κ2) is 5.95. The Hall–Kier alpha value is -1.78. The van der Waals surface area contributed by atoms with Crippen molar-refractivity contribution in [2.45, 2.75) is 19.8 Å². The predicted molar refractivity (Wildman–Crippen MR) is 57.4 cm³/mol. The van der Waals surface area contributed by atoms with Crippen LogP contribution in [0, 0.1) is 0 Å². The Morgan fingerprint density at radius 1 is 1.56 bits per heavy atom. The molecular formula is C11H15NO4. The van der Waals surface area contributed by atoms with Crippen LogP contribution in [0.4, 0.5) is 0 Å². The van der Waals surface area contributed by atoms with Crippen molar-refractivity contribution in [3.05, 3.63) is 18.0 Å². The molecule has 0 spiro atoms. The van der Waals surface area contributed by atoms with E-state index >= 15 is 0 Å². The van der Waals surface area contributed by atoms with E-state index in [1.165, 1.54) is 19.4 Å².